The number of hydrogen-bond acceptors (Lipinski definition) is 6. The summed E-state index contributed by atoms with van der Waals surface area (Å²) >= 11 is 4.70. The molecule has 1 heterocycles. The number of amides is 1. The molecule has 0 fully saturated rings. The summed E-state index contributed by atoms with van der Waals surface area (Å²) in [5, 5.41) is 21.9. The number of benzene rings is 1. The van der Waals surface area contributed by atoms with E-state index in [1.54, 1.807) is 25.1 Å². The van der Waals surface area contributed by atoms with Gasteiger partial charge in [-0.25, -0.2) is 0 Å². The van der Waals surface area contributed by atoms with Crippen LogP contribution in [-0.2, 0) is 4.79 Å². The minimum absolute atomic E-state index is 0.0162. The van der Waals surface area contributed by atoms with Crippen molar-refractivity contribution in [2.75, 3.05) is 0 Å². The van der Waals surface area contributed by atoms with Crippen LogP contribution in [0, 0.1) is 0 Å². The molecule has 1 aromatic rings. The number of aromatic hydroxyl groups is 1. The van der Waals surface area contributed by atoms with Gasteiger partial charge in [0.15, 0.2) is 11.2 Å². The summed E-state index contributed by atoms with van der Waals surface area (Å²) in [5.41, 5.74) is 6.08. The minimum Gasteiger partial charge on any atom is -0.506 e. The first kappa shape index (κ1) is 13.1. The number of carbonyl (C=O) groups excluding carboxylic acids is 1. The zero-order chi connectivity index (χ0) is 14.0. The second-order valence-electron chi connectivity index (χ2n) is 3.84. The summed E-state index contributed by atoms with van der Waals surface area (Å²) in [7, 11) is 0. The summed E-state index contributed by atoms with van der Waals surface area (Å²) < 4.78 is 0. The Kier molecular flexibility index (Phi) is 3.52. The lowest BCUT2D eigenvalue weighted by atomic mass is 10.2. The molecule has 0 aromatic heterocycles. The molecule has 1 amide bonds. The third-order valence-corrected chi connectivity index (χ3v) is 2.64. The Morgan fingerprint density at radius 1 is 1.53 bits per heavy atom. The summed E-state index contributed by atoms with van der Waals surface area (Å²) in [4.78, 5) is 11.9. The first-order valence-electron chi connectivity index (χ1n) is 5.38. The molecule has 19 heavy (non-hydrogen) atoms. The molecule has 0 spiro atoms. The van der Waals surface area contributed by atoms with Crippen molar-refractivity contribution >= 4 is 34.6 Å². The third kappa shape index (κ3) is 2.58. The van der Waals surface area contributed by atoms with Crippen molar-refractivity contribution in [3.05, 3.63) is 24.3 Å². The second-order valence-corrected chi connectivity index (χ2v) is 4.25. The fraction of sp³-hybridized carbons (Fsp3) is 0.182. The number of phenolic OH excluding ortho intramolecular Hbond substituents is 1. The van der Waals surface area contributed by atoms with Gasteiger partial charge in [0.2, 0.25) is 0 Å². The number of nitrogens with zero attached hydrogens (tertiary/aromatic N) is 4. The second kappa shape index (κ2) is 5.11. The maximum atomic E-state index is 11.9. The van der Waals surface area contributed by atoms with Gasteiger partial charge in [-0.05, 0) is 31.3 Å². The van der Waals surface area contributed by atoms with Gasteiger partial charge in [-0.15, -0.1) is 0 Å². The standard InChI is InChI=1S/C11H11N5O2S/c1-6-9(10(18)16(15-6)11(12)19)14-13-7-4-2-3-5-8(7)17/h2-5,9,17H,1H3,(H2,12,19)/t9-/m1/s1. The van der Waals surface area contributed by atoms with Gasteiger partial charge in [-0.3, -0.25) is 4.79 Å². The van der Waals surface area contributed by atoms with Gasteiger partial charge in [0, 0.05) is 0 Å². The molecule has 1 aliphatic rings. The summed E-state index contributed by atoms with van der Waals surface area (Å²) in [6, 6.07) is 5.56. The number of nitrogens with two attached hydrogens (primary N) is 1. The molecule has 0 unspecified atom stereocenters. The quantitative estimate of drug-likeness (QED) is 0.628. The number of rotatable bonds is 2. The van der Waals surface area contributed by atoms with Gasteiger partial charge in [-0.2, -0.15) is 20.3 Å². The first-order chi connectivity index (χ1) is 9.00. The zero-order valence-electron chi connectivity index (χ0n) is 10.0. The van der Waals surface area contributed by atoms with E-state index < -0.39 is 11.9 Å². The first-order valence-corrected chi connectivity index (χ1v) is 5.79. The van der Waals surface area contributed by atoms with E-state index in [0.717, 1.165) is 5.01 Å². The molecule has 3 N–H and O–H groups in total. The van der Waals surface area contributed by atoms with Crippen molar-refractivity contribution in [2.24, 2.45) is 21.1 Å². The zero-order valence-corrected chi connectivity index (χ0v) is 10.8. The van der Waals surface area contributed by atoms with Crippen LogP contribution >= 0.6 is 12.2 Å². The fourth-order valence-corrected chi connectivity index (χ4v) is 1.65. The van der Waals surface area contributed by atoms with Gasteiger partial charge in [-0.1, -0.05) is 12.1 Å². The predicted molar refractivity (Wildman–Crippen MR) is 73.2 cm³/mol. The SMILES string of the molecule is CC1=NN(C(N)=S)C(=O)[C@@H]1N=Nc1ccccc1O. The molecule has 0 radical (unpaired) electrons. The molecular weight excluding hydrogens is 266 g/mol. The molecule has 8 heteroatoms. The van der Waals surface area contributed by atoms with E-state index in [9.17, 15) is 9.90 Å². The number of hydrazone groups is 1. The van der Waals surface area contributed by atoms with Crippen molar-refractivity contribution in [1.29, 1.82) is 0 Å². The number of carbonyl (C=O) groups is 1. The van der Waals surface area contributed by atoms with E-state index in [-0.39, 0.29) is 16.5 Å². The van der Waals surface area contributed by atoms with E-state index in [1.807, 2.05) is 0 Å². The number of para-hydroxylation sites is 1. The Labute approximate surface area is 114 Å². The normalized spacial score (nSPS) is 19.0. The summed E-state index contributed by atoms with van der Waals surface area (Å²) in [5.74, 6) is -0.471. The van der Waals surface area contributed by atoms with Gasteiger partial charge >= 0.3 is 0 Å². The highest BCUT2D eigenvalue weighted by Crippen LogP contribution is 2.26. The van der Waals surface area contributed by atoms with E-state index in [1.165, 1.54) is 6.07 Å². The smallest absolute Gasteiger partial charge is 0.282 e. The van der Waals surface area contributed by atoms with Crippen LogP contribution < -0.4 is 5.73 Å². The van der Waals surface area contributed by atoms with Crippen LogP contribution in [0.15, 0.2) is 39.6 Å². The van der Waals surface area contributed by atoms with Crippen LogP contribution in [0.5, 0.6) is 5.75 Å². The maximum absolute atomic E-state index is 11.9. The molecule has 1 aromatic carbocycles. The van der Waals surface area contributed by atoms with Crippen LogP contribution in [0.25, 0.3) is 0 Å². The Hall–Kier alpha value is -2.35. The number of phenols is 1. The fourth-order valence-electron chi connectivity index (χ4n) is 1.52. The highest BCUT2D eigenvalue weighted by molar-refractivity contribution is 7.80. The molecule has 7 nitrogen and oxygen atoms in total. The van der Waals surface area contributed by atoms with Crippen molar-refractivity contribution in [1.82, 2.24) is 5.01 Å². The topological polar surface area (TPSA) is 104 Å². The van der Waals surface area contributed by atoms with E-state index in [4.69, 9.17) is 18.0 Å². The molecule has 2 rings (SSSR count). The highest BCUT2D eigenvalue weighted by atomic mass is 32.1. The average Bonchev–Trinajstić information content (AvgIpc) is 2.65. The van der Waals surface area contributed by atoms with Gasteiger partial charge in [0.1, 0.15) is 11.4 Å². The Morgan fingerprint density at radius 2 is 2.21 bits per heavy atom. The van der Waals surface area contributed by atoms with Crippen LogP contribution in [0.4, 0.5) is 5.69 Å². The van der Waals surface area contributed by atoms with Crippen LogP contribution in [0.1, 0.15) is 6.92 Å². The van der Waals surface area contributed by atoms with Crippen molar-refractivity contribution in [3.63, 3.8) is 0 Å². The molecule has 0 bridgehead atoms. The molecule has 1 aliphatic heterocycles. The molecule has 0 saturated carbocycles. The monoisotopic (exact) mass is 277 g/mol. The van der Waals surface area contributed by atoms with Crippen molar-refractivity contribution in [3.8, 4) is 5.75 Å². The molecule has 0 saturated heterocycles. The van der Waals surface area contributed by atoms with Crippen molar-refractivity contribution < 1.29 is 9.90 Å². The van der Waals surface area contributed by atoms with Gasteiger partial charge in [0.25, 0.3) is 5.91 Å². The number of hydrogen-bond donors (Lipinski definition) is 2. The Balaban J connectivity index is 2.21. The minimum atomic E-state index is -0.860. The summed E-state index contributed by atoms with van der Waals surface area (Å²) in [6.07, 6.45) is 0. The van der Waals surface area contributed by atoms with E-state index in [0.29, 0.717) is 5.71 Å². The van der Waals surface area contributed by atoms with Gasteiger partial charge < -0.3 is 10.8 Å². The predicted octanol–water partition coefficient (Wildman–Crippen LogP) is 1.31. The molecule has 98 valence electrons. The van der Waals surface area contributed by atoms with E-state index >= 15 is 0 Å². The van der Waals surface area contributed by atoms with E-state index in [2.05, 4.69) is 15.3 Å². The van der Waals surface area contributed by atoms with Crippen LogP contribution in [-0.4, -0.2) is 32.9 Å². The van der Waals surface area contributed by atoms with Gasteiger partial charge in [0.05, 0.1) is 5.71 Å². The lowest BCUT2D eigenvalue weighted by Gasteiger charge is -2.08. The molecular formula is C11H11N5O2S. The Morgan fingerprint density at radius 3 is 2.79 bits per heavy atom. The number of thiocarbonyl (C=S) groups is 1. The lowest BCUT2D eigenvalue weighted by Crippen LogP contribution is -2.37. The lowest BCUT2D eigenvalue weighted by molar-refractivity contribution is -0.126. The highest BCUT2D eigenvalue weighted by Gasteiger charge is 2.35. The Bertz CT molecular complexity index is 599. The molecule has 0 aliphatic carbocycles. The molecule has 1 atom stereocenters. The van der Waals surface area contributed by atoms with Crippen molar-refractivity contribution in [2.45, 2.75) is 13.0 Å². The summed E-state index contributed by atoms with van der Waals surface area (Å²) in [6.45, 7) is 1.63. The van der Waals surface area contributed by atoms with Crippen LogP contribution in [0.2, 0.25) is 0 Å². The number of azo groups is 1. The van der Waals surface area contributed by atoms with Crippen LogP contribution in [0.3, 0.4) is 0 Å². The third-order valence-electron chi connectivity index (χ3n) is 2.47. The largest absolute Gasteiger partial charge is 0.506 e. The maximum Gasteiger partial charge on any atom is 0.282 e. The average molecular weight is 277 g/mol.